The van der Waals surface area contributed by atoms with Gasteiger partial charge >= 0.3 is 5.97 Å². The Morgan fingerprint density at radius 1 is 1.28 bits per heavy atom. The van der Waals surface area contributed by atoms with Crippen LogP contribution in [0.25, 0.3) is 0 Å². The SMILES string of the molecule is CCOc1ccc(CC(OC(C)C)C(=O)O)cc1. The van der Waals surface area contributed by atoms with Gasteiger partial charge in [-0.25, -0.2) is 4.79 Å². The molecule has 0 heterocycles. The summed E-state index contributed by atoms with van der Waals surface area (Å²) in [5, 5.41) is 9.07. The molecule has 0 aliphatic heterocycles. The largest absolute Gasteiger partial charge is 0.494 e. The van der Waals surface area contributed by atoms with Gasteiger partial charge in [-0.1, -0.05) is 12.1 Å². The second kappa shape index (κ2) is 7.01. The lowest BCUT2D eigenvalue weighted by molar-refractivity contribution is -0.153. The predicted octanol–water partition coefficient (Wildman–Crippen LogP) is 2.51. The molecular weight excluding hydrogens is 232 g/mol. The zero-order valence-electron chi connectivity index (χ0n) is 11.1. The lowest BCUT2D eigenvalue weighted by atomic mass is 10.1. The number of carboxylic acid groups (broad SMARTS) is 1. The first kappa shape index (κ1) is 14.5. The number of aliphatic carboxylic acids is 1. The molecule has 0 aromatic heterocycles. The summed E-state index contributed by atoms with van der Waals surface area (Å²) < 4.78 is 10.7. The van der Waals surface area contributed by atoms with Crippen LogP contribution in [-0.2, 0) is 16.0 Å². The summed E-state index contributed by atoms with van der Waals surface area (Å²) in [6.07, 6.45) is -0.545. The van der Waals surface area contributed by atoms with Gasteiger partial charge in [-0.05, 0) is 38.5 Å². The summed E-state index contributed by atoms with van der Waals surface area (Å²) in [6.45, 7) is 6.20. The quantitative estimate of drug-likeness (QED) is 0.810. The third-order valence-corrected chi connectivity index (χ3v) is 2.37. The highest BCUT2D eigenvalue weighted by Crippen LogP contribution is 2.15. The van der Waals surface area contributed by atoms with Crippen molar-refractivity contribution in [2.45, 2.75) is 39.4 Å². The smallest absolute Gasteiger partial charge is 0.333 e. The summed E-state index contributed by atoms with van der Waals surface area (Å²) >= 11 is 0. The maximum Gasteiger partial charge on any atom is 0.333 e. The Kier molecular flexibility index (Phi) is 5.65. The van der Waals surface area contributed by atoms with Crippen LogP contribution in [0.2, 0.25) is 0 Å². The molecule has 4 heteroatoms. The monoisotopic (exact) mass is 252 g/mol. The molecule has 0 bridgehead atoms. The minimum atomic E-state index is -0.933. The fourth-order valence-corrected chi connectivity index (χ4v) is 1.62. The van der Waals surface area contributed by atoms with Crippen LogP contribution in [0.15, 0.2) is 24.3 Å². The normalized spacial score (nSPS) is 12.4. The van der Waals surface area contributed by atoms with Crippen molar-refractivity contribution < 1.29 is 19.4 Å². The highest BCUT2D eigenvalue weighted by Gasteiger charge is 2.19. The van der Waals surface area contributed by atoms with Crippen LogP contribution in [0.5, 0.6) is 5.75 Å². The Morgan fingerprint density at radius 3 is 2.33 bits per heavy atom. The molecule has 0 spiro atoms. The van der Waals surface area contributed by atoms with E-state index >= 15 is 0 Å². The molecule has 0 radical (unpaired) electrons. The van der Waals surface area contributed by atoms with Gasteiger partial charge in [-0.2, -0.15) is 0 Å². The van der Waals surface area contributed by atoms with Crippen molar-refractivity contribution in [2.24, 2.45) is 0 Å². The molecule has 1 N–H and O–H groups in total. The first-order chi connectivity index (χ1) is 8.52. The van der Waals surface area contributed by atoms with Crippen molar-refractivity contribution in [1.29, 1.82) is 0 Å². The molecule has 0 aliphatic carbocycles. The molecule has 100 valence electrons. The predicted molar refractivity (Wildman–Crippen MR) is 69.0 cm³/mol. The molecule has 4 nitrogen and oxygen atoms in total. The standard InChI is InChI=1S/C14H20O4/c1-4-17-12-7-5-11(6-8-12)9-13(14(15)16)18-10(2)3/h5-8,10,13H,4,9H2,1-3H3,(H,15,16). The molecule has 1 unspecified atom stereocenters. The number of carboxylic acids is 1. The summed E-state index contributed by atoms with van der Waals surface area (Å²) in [5.41, 5.74) is 0.923. The van der Waals surface area contributed by atoms with E-state index in [0.29, 0.717) is 13.0 Å². The van der Waals surface area contributed by atoms with Gasteiger partial charge in [0.2, 0.25) is 0 Å². The zero-order chi connectivity index (χ0) is 13.5. The van der Waals surface area contributed by atoms with Crippen LogP contribution in [-0.4, -0.2) is 29.9 Å². The van der Waals surface area contributed by atoms with Gasteiger partial charge in [0.05, 0.1) is 12.7 Å². The number of carbonyl (C=O) groups is 1. The van der Waals surface area contributed by atoms with Gasteiger partial charge in [0.1, 0.15) is 5.75 Å². The summed E-state index contributed by atoms with van der Waals surface area (Å²) in [6, 6.07) is 7.41. The molecule has 0 saturated heterocycles. The third kappa shape index (κ3) is 4.75. The van der Waals surface area contributed by atoms with Gasteiger partial charge in [-0.3, -0.25) is 0 Å². The Labute approximate surface area is 108 Å². The second-order valence-electron chi connectivity index (χ2n) is 4.29. The minimum absolute atomic E-state index is 0.103. The number of benzene rings is 1. The van der Waals surface area contributed by atoms with Gasteiger partial charge < -0.3 is 14.6 Å². The van der Waals surface area contributed by atoms with Crippen molar-refractivity contribution in [1.82, 2.24) is 0 Å². The van der Waals surface area contributed by atoms with Crippen LogP contribution in [0.3, 0.4) is 0 Å². The maximum absolute atomic E-state index is 11.1. The lowest BCUT2D eigenvalue weighted by Gasteiger charge is -2.16. The average Bonchev–Trinajstić information content (AvgIpc) is 2.30. The number of hydrogen-bond donors (Lipinski definition) is 1. The molecular formula is C14H20O4. The van der Waals surface area contributed by atoms with Crippen LogP contribution in [0.4, 0.5) is 0 Å². The lowest BCUT2D eigenvalue weighted by Crippen LogP contribution is -2.29. The van der Waals surface area contributed by atoms with Crippen molar-refractivity contribution >= 4 is 5.97 Å². The van der Waals surface area contributed by atoms with Crippen LogP contribution in [0, 0.1) is 0 Å². The Bertz CT molecular complexity index is 370. The van der Waals surface area contributed by atoms with Crippen molar-refractivity contribution in [2.75, 3.05) is 6.61 Å². The molecule has 1 aromatic rings. The number of ether oxygens (including phenoxy) is 2. The zero-order valence-corrected chi connectivity index (χ0v) is 11.1. The summed E-state index contributed by atoms with van der Waals surface area (Å²) in [5.74, 6) is -0.143. The van der Waals surface area contributed by atoms with Gasteiger partial charge in [-0.15, -0.1) is 0 Å². The van der Waals surface area contributed by atoms with Crippen molar-refractivity contribution in [3.63, 3.8) is 0 Å². The Morgan fingerprint density at radius 2 is 1.89 bits per heavy atom. The second-order valence-corrected chi connectivity index (χ2v) is 4.29. The topological polar surface area (TPSA) is 55.8 Å². The fraction of sp³-hybridized carbons (Fsp3) is 0.500. The molecule has 0 fully saturated rings. The third-order valence-electron chi connectivity index (χ3n) is 2.37. The Balaban J connectivity index is 2.66. The molecule has 18 heavy (non-hydrogen) atoms. The van der Waals surface area contributed by atoms with E-state index in [9.17, 15) is 4.79 Å². The molecule has 0 aliphatic rings. The van der Waals surface area contributed by atoms with E-state index in [1.807, 2.05) is 45.0 Å². The fourth-order valence-electron chi connectivity index (χ4n) is 1.62. The van der Waals surface area contributed by atoms with E-state index in [2.05, 4.69) is 0 Å². The number of rotatable bonds is 7. The van der Waals surface area contributed by atoms with E-state index in [-0.39, 0.29) is 6.10 Å². The average molecular weight is 252 g/mol. The number of hydrogen-bond acceptors (Lipinski definition) is 3. The molecule has 0 amide bonds. The first-order valence-electron chi connectivity index (χ1n) is 6.13. The van der Waals surface area contributed by atoms with Gasteiger partial charge in [0, 0.05) is 6.42 Å². The molecule has 1 rings (SSSR count). The summed E-state index contributed by atoms with van der Waals surface area (Å²) in [4.78, 5) is 11.1. The highest BCUT2D eigenvalue weighted by atomic mass is 16.5. The first-order valence-corrected chi connectivity index (χ1v) is 6.13. The maximum atomic E-state index is 11.1. The van der Waals surface area contributed by atoms with E-state index in [1.54, 1.807) is 0 Å². The van der Waals surface area contributed by atoms with Gasteiger partial charge in [0.25, 0.3) is 0 Å². The van der Waals surface area contributed by atoms with Gasteiger partial charge in [0.15, 0.2) is 6.10 Å². The Hall–Kier alpha value is -1.55. The molecule has 0 saturated carbocycles. The van der Waals surface area contributed by atoms with Crippen molar-refractivity contribution in [3.8, 4) is 5.75 Å². The highest BCUT2D eigenvalue weighted by molar-refractivity contribution is 5.72. The van der Waals surface area contributed by atoms with Crippen LogP contribution < -0.4 is 4.74 Å². The van der Waals surface area contributed by atoms with E-state index in [0.717, 1.165) is 11.3 Å². The molecule has 1 atom stereocenters. The summed E-state index contributed by atoms with van der Waals surface area (Å²) in [7, 11) is 0. The van der Waals surface area contributed by atoms with E-state index < -0.39 is 12.1 Å². The molecule has 1 aromatic carbocycles. The van der Waals surface area contributed by atoms with Crippen molar-refractivity contribution in [3.05, 3.63) is 29.8 Å². The van der Waals surface area contributed by atoms with E-state index in [1.165, 1.54) is 0 Å². The van der Waals surface area contributed by atoms with E-state index in [4.69, 9.17) is 14.6 Å². The minimum Gasteiger partial charge on any atom is -0.494 e. The van der Waals surface area contributed by atoms with Crippen LogP contribution in [0.1, 0.15) is 26.3 Å². The van der Waals surface area contributed by atoms with Crippen LogP contribution >= 0.6 is 0 Å².